The van der Waals surface area contributed by atoms with Gasteiger partial charge in [-0.2, -0.15) is 0 Å². The number of nitrogens with zero attached hydrogens (tertiary/aromatic N) is 2. The lowest BCUT2D eigenvalue weighted by molar-refractivity contribution is -0.124. The number of rotatable bonds is 6. The van der Waals surface area contributed by atoms with Gasteiger partial charge in [-0.05, 0) is 62.7 Å². The van der Waals surface area contributed by atoms with Gasteiger partial charge in [0.1, 0.15) is 5.82 Å². The Morgan fingerprint density at radius 3 is 2.64 bits per heavy atom. The fraction of sp³-hybridized carbons (Fsp3) is 0.636. The minimum Gasteiger partial charge on any atom is -0.396 e. The second-order valence-electron chi connectivity index (χ2n) is 8.48. The molecular weight excluding hydrogens is 352 g/mol. The van der Waals surface area contributed by atoms with Gasteiger partial charge in [-0.25, -0.2) is 4.98 Å². The van der Waals surface area contributed by atoms with Crippen molar-refractivity contribution in [3.05, 3.63) is 30.1 Å². The van der Waals surface area contributed by atoms with Gasteiger partial charge in [-0.3, -0.25) is 9.69 Å². The van der Waals surface area contributed by atoms with E-state index in [-0.39, 0.29) is 18.6 Å². The van der Waals surface area contributed by atoms with Gasteiger partial charge in [0.25, 0.3) is 0 Å². The van der Waals surface area contributed by atoms with Crippen LogP contribution in [0.5, 0.6) is 0 Å². The number of likely N-dealkylation sites (tertiary alicyclic amines) is 1. The molecule has 1 aromatic heterocycles. The third-order valence-electron chi connectivity index (χ3n) is 6.47. The molecule has 152 valence electrons. The van der Waals surface area contributed by atoms with Gasteiger partial charge < -0.3 is 15.4 Å². The number of aliphatic hydroxyl groups excluding tert-OH is 1. The maximum Gasteiger partial charge on any atom is 0.234 e. The molecule has 0 bridgehead atoms. The highest BCUT2D eigenvalue weighted by atomic mass is 16.3. The van der Waals surface area contributed by atoms with Crippen LogP contribution in [0.3, 0.4) is 0 Å². The van der Waals surface area contributed by atoms with Crippen molar-refractivity contribution < 1.29 is 9.90 Å². The van der Waals surface area contributed by atoms with E-state index in [1.807, 2.05) is 24.3 Å². The summed E-state index contributed by atoms with van der Waals surface area (Å²) >= 11 is 0. The lowest BCUT2D eigenvalue weighted by Crippen LogP contribution is -2.44. The van der Waals surface area contributed by atoms with Gasteiger partial charge in [0, 0.05) is 6.61 Å². The number of benzene rings is 1. The number of hydrogen-bond acceptors (Lipinski definition) is 4. The molecule has 1 aromatic carbocycles. The molecule has 2 fully saturated rings. The monoisotopic (exact) mass is 384 g/mol. The number of hydrogen-bond donors (Lipinski definition) is 3. The zero-order valence-corrected chi connectivity index (χ0v) is 16.6. The summed E-state index contributed by atoms with van der Waals surface area (Å²) < 4.78 is 0. The molecule has 3 N–H and O–H groups in total. The van der Waals surface area contributed by atoms with Crippen LogP contribution in [0, 0.1) is 11.8 Å². The predicted molar refractivity (Wildman–Crippen MR) is 110 cm³/mol. The molecule has 6 nitrogen and oxygen atoms in total. The number of H-pyrrole nitrogens is 1. The Kier molecular flexibility index (Phi) is 6.27. The summed E-state index contributed by atoms with van der Waals surface area (Å²) in [6.45, 7) is 2.46. The fourth-order valence-corrected chi connectivity index (χ4v) is 4.75. The van der Waals surface area contributed by atoms with Crippen LogP contribution in [-0.2, 0) is 4.79 Å². The number of para-hydroxylation sites is 2. The summed E-state index contributed by atoms with van der Waals surface area (Å²) in [5.41, 5.74) is 1.98. The van der Waals surface area contributed by atoms with Crippen molar-refractivity contribution in [2.24, 2.45) is 11.8 Å². The lowest BCUT2D eigenvalue weighted by Gasteiger charge is -2.33. The quantitative estimate of drug-likeness (QED) is 0.715. The van der Waals surface area contributed by atoms with Crippen molar-refractivity contribution in [2.75, 3.05) is 26.2 Å². The molecule has 1 amide bonds. The van der Waals surface area contributed by atoms with E-state index >= 15 is 0 Å². The van der Waals surface area contributed by atoms with E-state index in [1.54, 1.807) is 0 Å². The third-order valence-corrected chi connectivity index (χ3v) is 6.47. The normalized spacial score (nSPS) is 21.0. The number of carbonyl (C=O) groups excluding carboxylic acids is 1. The van der Waals surface area contributed by atoms with E-state index in [0.717, 1.165) is 55.6 Å². The Bertz CT molecular complexity index is 743. The molecule has 1 aliphatic heterocycles. The first-order valence-electron chi connectivity index (χ1n) is 10.8. The number of nitrogens with one attached hydrogen (secondary N) is 2. The maximum absolute atomic E-state index is 12.9. The highest BCUT2D eigenvalue weighted by molar-refractivity contribution is 5.79. The number of aromatic amines is 1. The molecular formula is C22H32N4O2. The van der Waals surface area contributed by atoms with Crippen LogP contribution in [0.15, 0.2) is 24.3 Å². The van der Waals surface area contributed by atoms with Crippen LogP contribution < -0.4 is 5.32 Å². The second-order valence-corrected chi connectivity index (χ2v) is 8.48. The Balaban J connectivity index is 1.45. The molecule has 1 aliphatic carbocycles. The number of carbonyl (C=O) groups is 1. The van der Waals surface area contributed by atoms with E-state index in [2.05, 4.69) is 15.2 Å². The zero-order chi connectivity index (χ0) is 19.3. The van der Waals surface area contributed by atoms with Crippen LogP contribution in [0.1, 0.15) is 56.8 Å². The summed E-state index contributed by atoms with van der Waals surface area (Å²) in [6, 6.07) is 8.01. The predicted octanol–water partition coefficient (Wildman–Crippen LogP) is 3.00. The molecule has 0 spiro atoms. The smallest absolute Gasteiger partial charge is 0.234 e. The number of imidazole rings is 1. The Hall–Kier alpha value is -1.92. The molecule has 2 aliphatic rings. The zero-order valence-electron chi connectivity index (χ0n) is 16.6. The van der Waals surface area contributed by atoms with E-state index in [1.165, 1.54) is 19.3 Å². The molecule has 2 heterocycles. The van der Waals surface area contributed by atoms with Gasteiger partial charge >= 0.3 is 0 Å². The molecule has 6 heteroatoms. The fourth-order valence-electron chi connectivity index (χ4n) is 4.75. The average molecular weight is 385 g/mol. The van der Waals surface area contributed by atoms with E-state index in [9.17, 15) is 9.90 Å². The first-order chi connectivity index (χ1) is 13.7. The summed E-state index contributed by atoms with van der Waals surface area (Å²) in [4.78, 5) is 23.3. The van der Waals surface area contributed by atoms with Gasteiger partial charge in [0.05, 0.1) is 23.6 Å². The van der Waals surface area contributed by atoms with Crippen LogP contribution >= 0.6 is 0 Å². The first kappa shape index (κ1) is 19.4. The molecule has 2 aromatic rings. The number of aromatic nitrogens is 2. The Labute approximate surface area is 166 Å². The average Bonchev–Trinajstić information content (AvgIpc) is 3.17. The number of amides is 1. The van der Waals surface area contributed by atoms with Crippen molar-refractivity contribution in [3.63, 3.8) is 0 Å². The molecule has 28 heavy (non-hydrogen) atoms. The minimum atomic E-state index is -0.0461. The van der Waals surface area contributed by atoms with E-state index in [0.29, 0.717) is 18.4 Å². The summed E-state index contributed by atoms with van der Waals surface area (Å²) in [5.74, 6) is 1.81. The van der Waals surface area contributed by atoms with Gasteiger partial charge in [-0.15, -0.1) is 0 Å². The first-order valence-corrected chi connectivity index (χ1v) is 10.8. The Morgan fingerprint density at radius 2 is 1.93 bits per heavy atom. The number of piperidine rings is 1. The van der Waals surface area contributed by atoms with Gasteiger partial charge in [-0.1, -0.05) is 31.4 Å². The standard InChI is InChI=1S/C22H32N4O2/c27-15-16-10-12-26(13-11-16)14-20(28)25-21(17-6-2-1-3-7-17)22-23-18-8-4-5-9-19(18)24-22/h4-5,8-9,16-17,21,27H,1-3,6-7,10-15H2,(H,23,24)(H,25,28). The SMILES string of the molecule is O=C(CN1CCC(CO)CC1)NC(c1nc2ccccc2[nH]1)C1CCCCC1. The van der Waals surface area contributed by atoms with E-state index in [4.69, 9.17) is 4.98 Å². The largest absolute Gasteiger partial charge is 0.396 e. The molecule has 0 radical (unpaired) electrons. The van der Waals surface area contributed by atoms with Gasteiger partial charge in [0.15, 0.2) is 0 Å². The molecule has 1 saturated heterocycles. The Morgan fingerprint density at radius 1 is 1.18 bits per heavy atom. The molecule has 4 rings (SSSR count). The topological polar surface area (TPSA) is 81.2 Å². The van der Waals surface area contributed by atoms with Crippen molar-refractivity contribution in [2.45, 2.75) is 51.0 Å². The maximum atomic E-state index is 12.9. The summed E-state index contributed by atoms with van der Waals surface area (Å²) in [7, 11) is 0. The number of fused-ring (bicyclic) bond motifs is 1. The summed E-state index contributed by atoms with van der Waals surface area (Å²) in [5, 5.41) is 12.6. The number of aliphatic hydroxyl groups is 1. The van der Waals surface area contributed by atoms with Crippen molar-refractivity contribution in [1.82, 2.24) is 20.2 Å². The minimum absolute atomic E-state index is 0.0461. The molecule has 1 atom stereocenters. The molecule has 1 unspecified atom stereocenters. The van der Waals surface area contributed by atoms with Crippen LogP contribution in [0.4, 0.5) is 0 Å². The van der Waals surface area contributed by atoms with Gasteiger partial charge in [0.2, 0.25) is 5.91 Å². The van der Waals surface area contributed by atoms with Crippen molar-refractivity contribution >= 4 is 16.9 Å². The third kappa shape index (κ3) is 4.55. The lowest BCUT2D eigenvalue weighted by atomic mass is 9.83. The highest BCUT2D eigenvalue weighted by Gasteiger charge is 2.30. The van der Waals surface area contributed by atoms with E-state index < -0.39 is 0 Å². The molecule has 1 saturated carbocycles. The highest BCUT2D eigenvalue weighted by Crippen LogP contribution is 2.34. The van der Waals surface area contributed by atoms with Crippen LogP contribution in [0.25, 0.3) is 11.0 Å². The second kappa shape index (κ2) is 9.05. The summed E-state index contributed by atoms with van der Waals surface area (Å²) in [6.07, 6.45) is 7.97. The van der Waals surface area contributed by atoms with Crippen LogP contribution in [-0.4, -0.2) is 52.1 Å². The van der Waals surface area contributed by atoms with Crippen LogP contribution in [0.2, 0.25) is 0 Å². The van der Waals surface area contributed by atoms with Crippen molar-refractivity contribution in [3.8, 4) is 0 Å². The van der Waals surface area contributed by atoms with Crippen molar-refractivity contribution in [1.29, 1.82) is 0 Å².